The fourth-order valence-corrected chi connectivity index (χ4v) is 1.50. The molecule has 4 heteroatoms. The van der Waals surface area contributed by atoms with Gasteiger partial charge in [-0.2, -0.15) is 0 Å². The van der Waals surface area contributed by atoms with Crippen molar-refractivity contribution in [3.05, 3.63) is 0 Å². The number of piperidine rings is 1. The molecule has 0 aliphatic carbocycles. The summed E-state index contributed by atoms with van der Waals surface area (Å²) in [5.41, 5.74) is -0.143. The third kappa shape index (κ3) is 1.91. The molecule has 0 spiro atoms. The Balaban J connectivity index is 2.78. The second kappa shape index (κ2) is 2.73. The van der Waals surface area contributed by atoms with Crippen molar-refractivity contribution in [1.29, 1.82) is 0 Å². The molecular weight excluding hydrogens is 257 g/mol. The van der Waals surface area contributed by atoms with Crippen LogP contribution in [0.4, 0.5) is 0 Å². The molecule has 1 saturated heterocycles. The van der Waals surface area contributed by atoms with Crippen LogP contribution in [0.2, 0.25) is 0 Å². The largest absolute Gasteiger partial charge is 0.274 e. The number of carbonyl (C=O) groups excluding carboxylic acids is 2. The lowest BCUT2D eigenvalue weighted by molar-refractivity contribution is -0.143. The van der Waals surface area contributed by atoms with Gasteiger partial charge in [0, 0.05) is 12.8 Å². The molecule has 62 valence electrons. The Labute approximate surface area is 79.6 Å². The summed E-state index contributed by atoms with van der Waals surface area (Å²) >= 11 is 1.76. The van der Waals surface area contributed by atoms with Gasteiger partial charge in [-0.1, -0.05) is 13.8 Å². The van der Waals surface area contributed by atoms with Crippen LogP contribution in [0.3, 0.4) is 0 Å². The maximum atomic E-state index is 11.1. The molecule has 0 aromatic carbocycles. The van der Waals surface area contributed by atoms with Gasteiger partial charge in [-0.3, -0.25) is 9.59 Å². The number of amides is 2. The average Bonchev–Trinajstić information content (AvgIpc) is 1.81. The van der Waals surface area contributed by atoms with Crippen LogP contribution < -0.4 is 0 Å². The Morgan fingerprint density at radius 2 is 1.64 bits per heavy atom. The van der Waals surface area contributed by atoms with E-state index in [1.54, 1.807) is 22.9 Å². The Bertz CT molecular complexity index is 192. The van der Waals surface area contributed by atoms with Crippen LogP contribution in [0, 0.1) is 5.41 Å². The van der Waals surface area contributed by atoms with E-state index in [0.29, 0.717) is 12.8 Å². The number of carbonyl (C=O) groups is 2. The molecule has 0 unspecified atom stereocenters. The van der Waals surface area contributed by atoms with Crippen molar-refractivity contribution in [3.63, 3.8) is 0 Å². The summed E-state index contributed by atoms with van der Waals surface area (Å²) in [5.74, 6) is -0.154. The minimum absolute atomic E-state index is 0.0770. The van der Waals surface area contributed by atoms with E-state index in [1.165, 1.54) is 3.11 Å². The Kier molecular flexibility index (Phi) is 2.22. The van der Waals surface area contributed by atoms with Crippen LogP contribution in [0.25, 0.3) is 0 Å². The molecule has 1 rings (SSSR count). The highest BCUT2D eigenvalue weighted by Gasteiger charge is 2.36. The SMILES string of the molecule is CC1(C)CC(=O)N(I)C(=O)C1. The minimum atomic E-state index is -0.143. The molecule has 1 aliphatic rings. The number of hydrogen-bond donors (Lipinski definition) is 0. The molecule has 0 radical (unpaired) electrons. The topological polar surface area (TPSA) is 37.4 Å². The van der Waals surface area contributed by atoms with Crippen molar-refractivity contribution in [2.75, 3.05) is 0 Å². The zero-order chi connectivity index (χ0) is 8.65. The maximum absolute atomic E-state index is 11.1. The van der Waals surface area contributed by atoms with Crippen LogP contribution in [0.15, 0.2) is 0 Å². The summed E-state index contributed by atoms with van der Waals surface area (Å²) in [7, 11) is 0. The minimum Gasteiger partial charge on any atom is -0.274 e. The van der Waals surface area contributed by atoms with Gasteiger partial charge in [-0.25, -0.2) is 3.11 Å². The molecule has 2 amide bonds. The van der Waals surface area contributed by atoms with Gasteiger partial charge in [-0.15, -0.1) is 0 Å². The van der Waals surface area contributed by atoms with Gasteiger partial charge in [0.2, 0.25) is 11.8 Å². The van der Waals surface area contributed by atoms with Crippen molar-refractivity contribution in [2.24, 2.45) is 5.41 Å². The molecule has 0 aromatic heterocycles. The number of hydrogen-bond acceptors (Lipinski definition) is 2. The van der Waals surface area contributed by atoms with Crippen molar-refractivity contribution in [2.45, 2.75) is 26.7 Å². The smallest absolute Gasteiger partial charge is 0.238 e. The van der Waals surface area contributed by atoms with Crippen LogP contribution in [0.1, 0.15) is 26.7 Å². The average molecular weight is 267 g/mol. The predicted octanol–water partition coefficient (Wildman–Crippen LogP) is 1.51. The van der Waals surface area contributed by atoms with Crippen LogP contribution in [-0.2, 0) is 9.59 Å². The summed E-state index contributed by atoms with van der Waals surface area (Å²) in [6.07, 6.45) is 0.948. The Morgan fingerprint density at radius 1 is 1.27 bits per heavy atom. The van der Waals surface area contributed by atoms with E-state index in [2.05, 4.69) is 0 Å². The van der Waals surface area contributed by atoms with Crippen LogP contribution in [0.5, 0.6) is 0 Å². The monoisotopic (exact) mass is 267 g/mol. The highest BCUT2D eigenvalue weighted by atomic mass is 127. The van der Waals surface area contributed by atoms with Gasteiger partial charge in [-0.05, 0) is 5.41 Å². The number of imide groups is 1. The van der Waals surface area contributed by atoms with Gasteiger partial charge in [0.25, 0.3) is 0 Å². The normalized spacial score (nSPS) is 24.1. The molecule has 11 heavy (non-hydrogen) atoms. The predicted molar refractivity (Wildman–Crippen MR) is 48.9 cm³/mol. The third-order valence-electron chi connectivity index (χ3n) is 1.70. The zero-order valence-corrected chi connectivity index (χ0v) is 8.71. The van der Waals surface area contributed by atoms with E-state index < -0.39 is 0 Å². The van der Waals surface area contributed by atoms with Gasteiger partial charge in [0.05, 0.1) is 22.9 Å². The maximum Gasteiger partial charge on any atom is 0.238 e. The van der Waals surface area contributed by atoms with E-state index in [1.807, 2.05) is 13.8 Å². The quantitative estimate of drug-likeness (QED) is 0.379. The van der Waals surface area contributed by atoms with E-state index in [9.17, 15) is 9.59 Å². The summed E-state index contributed by atoms with van der Waals surface area (Å²) in [6.45, 7) is 3.87. The van der Waals surface area contributed by atoms with Crippen molar-refractivity contribution >= 4 is 34.7 Å². The molecule has 3 nitrogen and oxygen atoms in total. The molecule has 1 fully saturated rings. The molecule has 0 atom stereocenters. The highest BCUT2D eigenvalue weighted by Crippen LogP contribution is 2.32. The van der Waals surface area contributed by atoms with E-state index in [-0.39, 0.29) is 17.2 Å². The standard InChI is InChI=1S/C7H10INO2/c1-7(2)3-5(10)9(8)6(11)4-7/h3-4H2,1-2H3. The van der Waals surface area contributed by atoms with Crippen LogP contribution >= 0.6 is 22.9 Å². The van der Waals surface area contributed by atoms with Gasteiger partial charge in [0.15, 0.2) is 0 Å². The molecule has 1 aliphatic heterocycles. The number of rotatable bonds is 0. The molecule has 0 aromatic rings. The van der Waals surface area contributed by atoms with E-state index >= 15 is 0 Å². The summed E-state index contributed by atoms with van der Waals surface area (Å²) in [6, 6.07) is 0. The van der Waals surface area contributed by atoms with Crippen LogP contribution in [-0.4, -0.2) is 14.9 Å². The summed E-state index contributed by atoms with van der Waals surface area (Å²) in [5, 5.41) is 0. The van der Waals surface area contributed by atoms with Gasteiger partial charge < -0.3 is 0 Å². The zero-order valence-electron chi connectivity index (χ0n) is 6.56. The molecule has 1 heterocycles. The number of halogens is 1. The van der Waals surface area contributed by atoms with E-state index in [4.69, 9.17) is 0 Å². The second-order valence-electron chi connectivity index (χ2n) is 3.59. The first-order chi connectivity index (χ1) is 4.92. The van der Waals surface area contributed by atoms with Crippen molar-refractivity contribution < 1.29 is 9.59 Å². The fourth-order valence-electron chi connectivity index (χ4n) is 1.16. The first-order valence-electron chi connectivity index (χ1n) is 3.44. The van der Waals surface area contributed by atoms with Gasteiger partial charge in [0.1, 0.15) is 0 Å². The highest BCUT2D eigenvalue weighted by molar-refractivity contribution is 14.1. The third-order valence-corrected chi connectivity index (χ3v) is 2.77. The second-order valence-corrected chi connectivity index (χ2v) is 4.55. The molecular formula is C7H10INO2. The lowest BCUT2D eigenvalue weighted by Gasteiger charge is -2.31. The lowest BCUT2D eigenvalue weighted by atomic mass is 9.83. The molecule has 0 bridgehead atoms. The van der Waals surface area contributed by atoms with E-state index in [0.717, 1.165) is 0 Å². The Hall–Kier alpha value is -0.130. The van der Waals surface area contributed by atoms with Crippen molar-refractivity contribution in [3.8, 4) is 0 Å². The van der Waals surface area contributed by atoms with Gasteiger partial charge >= 0.3 is 0 Å². The summed E-state index contributed by atoms with van der Waals surface area (Å²) in [4.78, 5) is 22.2. The molecule has 0 N–H and O–H groups in total. The first-order valence-corrected chi connectivity index (χ1v) is 4.40. The fraction of sp³-hybridized carbons (Fsp3) is 0.714. The number of nitrogens with zero attached hydrogens (tertiary/aromatic N) is 1. The first kappa shape index (κ1) is 8.96. The molecule has 0 saturated carbocycles. The lowest BCUT2D eigenvalue weighted by Crippen LogP contribution is -2.40. The van der Waals surface area contributed by atoms with Crippen molar-refractivity contribution in [1.82, 2.24) is 3.11 Å². The Morgan fingerprint density at radius 3 is 2.00 bits per heavy atom. The summed E-state index contributed by atoms with van der Waals surface area (Å²) < 4.78 is 1.18.